The van der Waals surface area contributed by atoms with E-state index in [1.807, 2.05) is 36.5 Å². The van der Waals surface area contributed by atoms with Crippen LogP contribution in [0.3, 0.4) is 0 Å². The first-order valence-electron chi connectivity index (χ1n) is 9.64. The molecule has 0 spiro atoms. The lowest BCUT2D eigenvalue weighted by Crippen LogP contribution is -2.10. The number of imidazole rings is 1. The molecule has 5 aromatic rings. The average Bonchev–Trinajstić information content (AvgIpc) is 3.38. The van der Waals surface area contributed by atoms with Gasteiger partial charge in [0.25, 0.3) is 0 Å². The summed E-state index contributed by atoms with van der Waals surface area (Å²) in [6, 6.07) is 18.4. The average molecular weight is 383 g/mol. The predicted molar refractivity (Wildman–Crippen MR) is 116 cm³/mol. The topological polar surface area (TPSA) is 94.3 Å². The summed E-state index contributed by atoms with van der Waals surface area (Å²) >= 11 is 0. The smallest absolute Gasteiger partial charge is 0.224 e. The standard InChI is InChI=1S/C22H21N7/c1-2-4-19-18(3-1)27-21(28-19)9-12-25-22-24-11-8-20(29-22)26-14-15-5-6-17-16(13-15)7-10-23-17/h1-8,10-11,13,23H,9,12,14H2,(H,27,28)(H2,24,25,26,29). The summed E-state index contributed by atoms with van der Waals surface area (Å²) in [5.74, 6) is 2.35. The summed E-state index contributed by atoms with van der Waals surface area (Å²) in [5.41, 5.74) is 4.40. The summed E-state index contributed by atoms with van der Waals surface area (Å²) in [4.78, 5) is 20.0. The van der Waals surface area contributed by atoms with Gasteiger partial charge in [-0.15, -0.1) is 0 Å². The van der Waals surface area contributed by atoms with Crippen LogP contribution in [0.1, 0.15) is 11.4 Å². The van der Waals surface area contributed by atoms with Crippen LogP contribution in [0.25, 0.3) is 21.9 Å². The van der Waals surface area contributed by atoms with E-state index in [0.29, 0.717) is 19.0 Å². The number of benzene rings is 2. The molecule has 5 rings (SSSR count). The number of aromatic amines is 2. The molecular formula is C22H21N7. The number of H-pyrrole nitrogens is 2. The van der Waals surface area contributed by atoms with Gasteiger partial charge in [-0.2, -0.15) is 4.98 Å². The van der Waals surface area contributed by atoms with Crippen molar-refractivity contribution in [1.29, 1.82) is 0 Å². The highest BCUT2D eigenvalue weighted by Gasteiger charge is 2.04. The SMILES string of the molecule is c1ccc2[nH]c(CCNc3nccc(NCc4ccc5[nH]ccc5c4)n3)nc2c1. The van der Waals surface area contributed by atoms with Crippen molar-refractivity contribution >= 4 is 33.7 Å². The van der Waals surface area contributed by atoms with Crippen molar-refractivity contribution in [1.82, 2.24) is 24.9 Å². The molecule has 2 aromatic carbocycles. The van der Waals surface area contributed by atoms with Crippen LogP contribution in [0.5, 0.6) is 0 Å². The molecule has 0 saturated carbocycles. The van der Waals surface area contributed by atoms with E-state index in [0.717, 1.165) is 34.6 Å². The maximum atomic E-state index is 4.59. The quantitative estimate of drug-likeness (QED) is 0.339. The molecule has 29 heavy (non-hydrogen) atoms. The highest BCUT2D eigenvalue weighted by atomic mass is 15.1. The van der Waals surface area contributed by atoms with Crippen molar-refractivity contribution in [2.45, 2.75) is 13.0 Å². The lowest BCUT2D eigenvalue weighted by molar-refractivity contribution is 0.918. The second-order valence-corrected chi connectivity index (χ2v) is 6.90. The van der Waals surface area contributed by atoms with E-state index < -0.39 is 0 Å². The Bertz CT molecular complexity index is 1220. The second kappa shape index (κ2) is 7.63. The Morgan fingerprint density at radius 2 is 1.86 bits per heavy atom. The molecule has 0 aliphatic rings. The first-order chi connectivity index (χ1) is 14.3. The Labute approximate surface area is 167 Å². The third kappa shape index (κ3) is 3.89. The number of para-hydroxylation sites is 2. The lowest BCUT2D eigenvalue weighted by Gasteiger charge is -2.08. The van der Waals surface area contributed by atoms with Gasteiger partial charge < -0.3 is 20.6 Å². The van der Waals surface area contributed by atoms with E-state index >= 15 is 0 Å². The van der Waals surface area contributed by atoms with E-state index in [-0.39, 0.29) is 0 Å². The van der Waals surface area contributed by atoms with Gasteiger partial charge >= 0.3 is 0 Å². The molecule has 0 aliphatic carbocycles. The first-order valence-corrected chi connectivity index (χ1v) is 9.64. The summed E-state index contributed by atoms with van der Waals surface area (Å²) in [5, 5.41) is 7.84. The Morgan fingerprint density at radius 1 is 0.897 bits per heavy atom. The Kier molecular flexibility index (Phi) is 4.54. The van der Waals surface area contributed by atoms with Crippen LogP contribution in [0, 0.1) is 0 Å². The minimum absolute atomic E-state index is 0.604. The normalized spacial score (nSPS) is 11.2. The van der Waals surface area contributed by atoms with Gasteiger partial charge in [0, 0.05) is 37.4 Å². The monoisotopic (exact) mass is 383 g/mol. The molecule has 0 amide bonds. The zero-order valence-corrected chi connectivity index (χ0v) is 15.8. The van der Waals surface area contributed by atoms with E-state index in [1.165, 1.54) is 10.9 Å². The van der Waals surface area contributed by atoms with Crippen LogP contribution in [-0.2, 0) is 13.0 Å². The largest absolute Gasteiger partial charge is 0.366 e. The van der Waals surface area contributed by atoms with Crippen LogP contribution >= 0.6 is 0 Å². The Morgan fingerprint density at radius 3 is 2.83 bits per heavy atom. The minimum Gasteiger partial charge on any atom is -0.366 e. The molecule has 0 fully saturated rings. The molecule has 3 heterocycles. The number of fused-ring (bicyclic) bond motifs is 2. The van der Waals surface area contributed by atoms with Crippen molar-refractivity contribution in [3.8, 4) is 0 Å². The number of hydrogen-bond donors (Lipinski definition) is 4. The van der Waals surface area contributed by atoms with Crippen LogP contribution < -0.4 is 10.6 Å². The fraction of sp³-hybridized carbons (Fsp3) is 0.136. The van der Waals surface area contributed by atoms with Crippen LogP contribution in [-0.4, -0.2) is 31.5 Å². The molecule has 7 nitrogen and oxygen atoms in total. The van der Waals surface area contributed by atoms with Crippen molar-refractivity contribution in [3.05, 3.63) is 78.4 Å². The van der Waals surface area contributed by atoms with Crippen molar-refractivity contribution in [2.75, 3.05) is 17.2 Å². The lowest BCUT2D eigenvalue weighted by atomic mass is 10.1. The van der Waals surface area contributed by atoms with Gasteiger partial charge in [-0.1, -0.05) is 18.2 Å². The third-order valence-corrected chi connectivity index (χ3v) is 4.83. The van der Waals surface area contributed by atoms with Gasteiger partial charge in [0.05, 0.1) is 11.0 Å². The van der Waals surface area contributed by atoms with E-state index in [9.17, 15) is 0 Å². The minimum atomic E-state index is 0.604. The Balaban J connectivity index is 1.18. The maximum absolute atomic E-state index is 4.59. The van der Waals surface area contributed by atoms with E-state index in [1.54, 1.807) is 6.20 Å². The predicted octanol–water partition coefficient (Wildman–Crippen LogP) is 4.10. The zero-order chi connectivity index (χ0) is 19.5. The summed E-state index contributed by atoms with van der Waals surface area (Å²) in [6.07, 6.45) is 4.48. The summed E-state index contributed by atoms with van der Waals surface area (Å²) in [7, 11) is 0. The summed E-state index contributed by atoms with van der Waals surface area (Å²) < 4.78 is 0. The second-order valence-electron chi connectivity index (χ2n) is 6.90. The molecule has 4 N–H and O–H groups in total. The highest BCUT2D eigenvalue weighted by Crippen LogP contribution is 2.16. The van der Waals surface area contributed by atoms with Gasteiger partial charge in [0.2, 0.25) is 5.95 Å². The molecule has 7 heteroatoms. The zero-order valence-electron chi connectivity index (χ0n) is 15.8. The van der Waals surface area contributed by atoms with Crippen molar-refractivity contribution < 1.29 is 0 Å². The molecular weight excluding hydrogens is 362 g/mol. The van der Waals surface area contributed by atoms with Crippen LogP contribution in [0.15, 0.2) is 67.0 Å². The molecule has 0 unspecified atom stereocenters. The number of rotatable bonds is 7. The molecule has 0 atom stereocenters. The van der Waals surface area contributed by atoms with Crippen LogP contribution in [0.2, 0.25) is 0 Å². The van der Waals surface area contributed by atoms with Gasteiger partial charge in [-0.3, -0.25) is 0 Å². The molecule has 0 saturated heterocycles. The molecule has 0 bridgehead atoms. The number of nitrogens with one attached hydrogen (secondary N) is 4. The number of aromatic nitrogens is 5. The highest BCUT2D eigenvalue weighted by molar-refractivity contribution is 5.80. The molecule has 144 valence electrons. The van der Waals surface area contributed by atoms with Gasteiger partial charge in [-0.05, 0) is 47.3 Å². The van der Waals surface area contributed by atoms with Gasteiger partial charge in [0.1, 0.15) is 11.6 Å². The van der Waals surface area contributed by atoms with Crippen LogP contribution in [0.4, 0.5) is 11.8 Å². The first kappa shape index (κ1) is 17.2. The van der Waals surface area contributed by atoms with Crippen molar-refractivity contribution in [2.24, 2.45) is 0 Å². The van der Waals surface area contributed by atoms with Gasteiger partial charge in [0.15, 0.2) is 0 Å². The third-order valence-electron chi connectivity index (χ3n) is 4.83. The molecule has 3 aromatic heterocycles. The molecule has 0 radical (unpaired) electrons. The van der Waals surface area contributed by atoms with Gasteiger partial charge in [-0.25, -0.2) is 9.97 Å². The maximum Gasteiger partial charge on any atom is 0.224 e. The number of nitrogens with zero attached hydrogens (tertiary/aromatic N) is 3. The fourth-order valence-electron chi connectivity index (χ4n) is 3.36. The summed E-state index contributed by atoms with van der Waals surface area (Å²) in [6.45, 7) is 1.41. The van der Waals surface area contributed by atoms with E-state index in [4.69, 9.17) is 0 Å². The van der Waals surface area contributed by atoms with E-state index in [2.05, 4.69) is 59.8 Å². The Hall–Kier alpha value is -3.87. The number of anilines is 2. The number of hydrogen-bond acceptors (Lipinski definition) is 5. The van der Waals surface area contributed by atoms with Crippen molar-refractivity contribution in [3.63, 3.8) is 0 Å². The fourth-order valence-corrected chi connectivity index (χ4v) is 3.36. The molecule has 0 aliphatic heterocycles.